The third-order valence-corrected chi connectivity index (χ3v) is 4.77. The summed E-state index contributed by atoms with van der Waals surface area (Å²) in [6.45, 7) is 2.03. The number of thioether (sulfide) groups is 1. The van der Waals surface area contributed by atoms with Crippen LogP contribution in [0.25, 0.3) is 11.0 Å². The Morgan fingerprint density at radius 3 is 2.83 bits per heavy atom. The second kappa shape index (κ2) is 6.83. The molecule has 0 spiro atoms. The number of carbonyl (C=O) groups excluding carboxylic acids is 1. The Bertz CT molecular complexity index is 879. The molecule has 0 bridgehead atoms. The van der Waals surface area contributed by atoms with E-state index in [2.05, 4.69) is 15.3 Å². The SMILES string of the molecule is Cc1ccc2nc(SCC(=O)Nc3ccc(Cl)c(Cl)c3)[nH]c2c1. The first-order valence-electron chi connectivity index (χ1n) is 6.85. The number of rotatable bonds is 4. The van der Waals surface area contributed by atoms with Crippen molar-refractivity contribution in [3.8, 4) is 0 Å². The quantitative estimate of drug-likeness (QED) is 0.645. The van der Waals surface area contributed by atoms with E-state index in [0.717, 1.165) is 21.8 Å². The number of hydrogen-bond acceptors (Lipinski definition) is 3. The van der Waals surface area contributed by atoms with E-state index in [4.69, 9.17) is 23.2 Å². The lowest BCUT2D eigenvalue weighted by molar-refractivity contribution is -0.113. The van der Waals surface area contributed by atoms with Crippen molar-refractivity contribution in [3.05, 3.63) is 52.0 Å². The lowest BCUT2D eigenvalue weighted by Crippen LogP contribution is -2.14. The third-order valence-electron chi connectivity index (χ3n) is 3.16. The number of imidazole rings is 1. The average molecular weight is 366 g/mol. The van der Waals surface area contributed by atoms with Gasteiger partial charge in [0, 0.05) is 5.69 Å². The topological polar surface area (TPSA) is 57.8 Å². The minimum atomic E-state index is -0.134. The number of benzene rings is 2. The van der Waals surface area contributed by atoms with Crippen LogP contribution in [0.5, 0.6) is 0 Å². The molecule has 2 N–H and O–H groups in total. The lowest BCUT2D eigenvalue weighted by atomic mass is 10.2. The van der Waals surface area contributed by atoms with Crippen LogP contribution in [0.15, 0.2) is 41.6 Å². The highest BCUT2D eigenvalue weighted by molar-refractivity contribution is 7.99. The summed E-state index contributed by atoms with van der Waals surface area (Å²) in [4.78, 5) is 19.7. The fourth-order valence-electron chi connectivity index (χ4n) is 2.07. The Hall–Kier alpha value is -1.69. The van der Waals surface area contributed by atoms with Crippen LogP contribution in [0.4, 0.5) is 5.69 Å². The maximum absolute atomic E-state index is 12.0. The molecule has 1 aromatic heterocycles. The normalized spacial score (nSPS) is 10.9. The van der Waals surface area contributed by atoms with Gasteiger partial charge in [-0.25, -0.2) is 4.98 Å². The van der Waals surface area contributed by atoms with E-state index in [1.807, 2.05) is 25.1 Å². The molecule has 0 atom stereocenters. The van der Waals surface area contributed by atoms with Crippen LogP contribution in [-0.4, -0.2) is 21.6 Å². The Morgan fingerprint density at radius 2 is 2.04 bits per heavy atom. The van der Waals surface area contributed by atoms with E-state index in [1.165, 1.54) is 11.8 Å². The van der Waals surface area contributed by atoms with Gasteiger partial charge in [0.25, 0.3) is 0 Å². The van der Waals surface area contributed by atoms with Crippen molar-refractivity contribution in [2.75, 3.05) is 11.1 Å². The number of halogens is 2. The van der Waals surface area contributed by atoms with Crippen molar-refractivity contribution >= 4 is 57.6 Å². The molecule has 0 radical (unpaired) electrons. The molecule has 1 heterocycles. The molecule has 0 unspecified atom stereocenters. The molecule has 0 saturated carbocycles. The highest BCUT2D eigenvalue weighted by Crippen LogP contribution is 2.25. The lowest BCUT2D eigenvalue weighted by Gasteiger charge is -2.05. The number of fused-ring (bicyclic) bond motifs is 1. The van der Waals surface area contributed by atoms with E-state index in [1.54, 1.807) is 18.2 Å². The van der Waals surface area contributed by atoms with Gasteiger partial charge >= 0.3 is 0 Å². The number of amides is 1. The van der Waals surface area contributed by atoms with E-state index in [-0.39, 0.29) is 11.7 Å². The minimum absolute atomic E-state index is 0.134. The average Bonchev–Trinajstić information content (AvgIpc) is 2.91. The first-order chi connectivity index (χ1) is 11.0. The summed E-state index contributed by atoms with van der Waals surface area (Å²) < 4.78 is 0. The number of aromatic nitrogens is 2. The smallest absolute Gasteiger partial charge is 0.234 e. The zero-order valence-corrected chi connectivity index (χ0v) is 14.5. The van der Waals surface area contributed by atoms with Crippen LogP contribution < -0.4 is 5.32 Å². The van der Waals surface area contributed by atoms with Crippen LogP contribution in [0, 0.1) is 6.92 Å². The van der Waals surface area contributed by atoms with Gasteiger partial charge < -0.3 is 10.3 Å². The predicted octanol–water partition coefficient (Wildman–Crippen LogP) is 4.91. The van der Waals surface area contributed by atoms with Crippen molar-refractivity contribution in [1.29, 1.82) is 0 Å². The van der Waals surface area contributed by atoms with Crippen LogP contribution in [0.3, 0.4) is 0 Å². The zero-order chi connectivity index (χ0) is 16.4. The fraction of sp³-hybridized carbons (Fsp3) is 0.125. The van der Waals surface area contributed by atoms with Crippen LogP contribution in [-0.2, 0) is 4.79 Å². The number of anilines is 1. The molecule has 0 aliphatic rings. The zero-order valence-electron chi connectivity index (χ0n) is 12.2. The van der Waals surface area contributed by atoms with Crippen molar-refractivity contribution < 1.29 is 4.79 Å². The van der Waals surface area contributed by atoms with Gasteiger partial charge in [-0.15, -0.1) is 0 Å². The summed E-state index contributed by atoms with van der Waals surface area (Å²) in [5.74, 6) is 0.115. The first-order valence-corrected chi connectivity index (χ1v) is 8.59. The molecular formula is C16H13Cl2N3OS. The number of hydrogen-bond donors (Lipinski definition) is 2. The van der Waals surface area contributed by atoms with E-state index < -0.39 is 0 Å². The number of aryl methyl sites for hydroxylation is 1. The van der Waals surface area contributed by atoms with Gasteiger partial charge in [0.1, 0.15) is 0 Å². The van der Waals surface area contributed by atoms with Crippen molar-refractivity contribution in [2.24, 2.45) is 0 Å². The second-order valence-electron chi connectivity index (χ2n) is 5.03. The minimum Gasteiger partial charge on any atom is -0.333 e. The number of aromatic amines is 1. The fourth-order valence-corrected chi connectivity index (χ4v) is 3.06. The first kappa shape index (κ1) is 16.2. The summed E-state index contributed by atoms with van der Waals surface area (Å²) in [6.07, 6.45) is 0. The van der Waals surface area contributed by atoms with Gasteiger partial charge in [-0.05, 0) is 42.8 Å². The largest absolute Gasteiger partial charge is 0.333 e. The van der Waals surface area contributed by atoms with Crippen molar-refractivity contribution in [1.82, 2.24) is 9.97 Å². The molecule has 3 aromatic rings. The summed E-state index contributed by atoms with van der Waals surface area (Å²) in [7, 11) is 0. The van der Waals surface area contributed by atoms with Gasteiger partial charge in [0.05, 0.1) is 26.8 Å². The molecule has 0 fully saturated rings. The molecule has 7 heteroatoms. The van der Waals surface area contributed by atoms with Gasteiger partial charge in [-0.2, -0.15) is 0 Å². The molecule has 1 amide bonds. The highest BCUT2D eigenvalue weighted by atomic mass is 35.5. The highest BCUT2D eigenvalue weighted by Gasteiger charge is 2.08. The van der Waals surface area contributed by atoms with Gasteiger partial charge in [0.15, 0.2) is 5.16 Å². The standard InChI is InChI=1S/C16H13Cl2N3OS/c1-9-2-5-13-14(6-9)21-16(20-13)23-8-15(22)19-10-3-4-11(17)12(18)7-10/h2-7H,8H2,1H3,(H,19,22)(H,20,21). The van der Waals surface area contributed by atoms with E-state index >= 15 is 0 Å². The van der Waals surface area contributed by atoms with Gasteiger partial charge in [0.2, 0.25) is 5.91 Å². The Kier molecular flexibility index (Phi) is 4.80. The van der Waals surface area contributed by atoms with E-state index in [9.17, 15) is 4.79 Å². The molecule has 0 saturated heterocycles. The molecule has 3 rings (SSSR count). The van der Waals surface area contributed by atoms with Crippen LogP contribution in [0.1, 0.15) is 5.56 Å². The molecule has 0 aliphatic heterocycles. The van der Waals surface area contributed by atoms with Gasteiger partial charge in [-0.1, -0.05) is 41.0 Å². The number of nitrogens with zero attached hydrogens (tertiary/aromatic N) is 1. The Balaban J connectivity index is 1.62. The number of nitrogens with one attached hydrogen (secondary N) is 2. The molecule has 2 aromatic carbocycles. The van der Waals surface area contributed by atoms with Crippen LogP contribution in [0.2, 0.25) is 10.0 Å². The second-order valence-corrected chi connectivity index (χ2v) is 6.81. The maximum Gasteiger partial charge on any atom is 0.234 e. The van der Waals surface area contributed by atoms with E-state index in [0.29, 0.717) is 15.7 Å². The summed E-state index contributed by atoms with van der Waals surface area (Å²) >= 11 is 13.1. The molecule has 23 heavy (non-hydrogen) atoms. The third kappa shape index (κ3) is 3.99. The predicted molar refractivity (Wildman–Crippen MR) is 96.6 cm³/mol. The Labute approximate surface area is 147 Å². The summed E-state index contributed by atoms with van der Waals surface area (Å²) in [6, 6.07) is 11.0. The molecule has 118 valence electrons. The van der Waals surface area contributed by atoms with Crippen molar-refractivity contribution in [2.45, 2.75) is 12.1 Å². The molecular weight excluding hydrogens is 353 g/mol. The molecule has 4 nitrogen and oxygen atoms in total. The summed E-state index contributed by atoms with van der Waals surface area (Å²) in [5, 5.41) is 4.36. The van der Waals surface area contributed by atoms with Crippen molar-refractivity contribution in [3.63, 3.8) is 0 Å². The number of carbonyl (C=O) groups is 1. The molecule has 0 aliphatic carbocycles. The van der Waals surface area contributed by atoms with Crippen LogP contribution >= 0.6 is 35.0 Å². The van der Waals surface area contributed by atoms with Gasteiger partial charge in [-0.3, -0.25) is 4.79 Å². The summed E-state index contributed by atoms with van der Waals surface area (Å²) in [5.41, 5.74) is 3.64. The number of H-pyrrole nitrogens is 1. The maximum atomic E-state index is 12.0. The monoisotopic (exact) mass is 365 g/mol. The Morgan fingerprint density at radius 1 is 1.22 bits per heavy atom.